The van der Waals surface area contributed by atoms with E-state index in [0.29, 0.717) is 44.3 Å². The van der Waals surface area contributed by atoms with E-state index in [1.54, 1.807) is 0 Å². The van der Waals surface area contributed by atoms with Crippen LogP contribution in [0.2, 0.25) is 5.02 Å². The molecule has 2 aromatic rings. The van der Waals surface area contributed by atoms with Crippen LogP contribution in [-0.2, 0) is 21.5 Å². The Morgan fingerprint density at radius 3 is 2.45 bits per heavy atom. The number of carbonyl (C=O) groups excluding carboxylic acids is 1. The smallest absolute Gasteiger partial charge is 0.221 e. The van der Waals surface area contributed by atoms with Gasteiger partial charge in [-0.3, -0.25) is 4.79 Å². The zero-order chi connectivity index (χ0) is 20.1. The van der Waals surface area contributed by atoms with Crippen molar-refractivity contribution in [3.8, 4) is 11.5 Å². The molecule has 0 spiro atoms. The molecule has 0 aliphatic carbocycles. The number of hydrogen-bond donors (Lipinski definition) is 1. The van der Waals surface area contributed by atoms with Crippen LogP contribution in [0, 0.1) is 0 Å². The van der Waals surface area contributed by atoms with Crippen LogP contribution in [0.15, 0.2) is 42.5 Å². The highest BCUT2D eigenvalue weighted by Gasteiger charge is 2.35. The van der Waals surface area contributed by atoms with Crippen molar-refractivity contribution in [2.75, 3.05) is 26.4 Å². The van der Waals surface area contributed by atoms with Crippen LogP contribution in [0.25, 0.3) is 0 Å². The molecule has 2 aromatic carbocycles. The lowest BCUT2D eigenvalue weighted by Crippen LogP contribution is -2.49. The number of carbonyl (C=O) groups is 1. The molecule has 5 nitrogen and oxygen atoms in total. The lowest BCUT2D eigenvalue weighted by Gasteiger charge is -2.38. The molecule has 0 radical (unpaired) electrons. The second-order valence-corrected chi connectivity index (χ2v) is 8.02. The maximum absolute atomic E-state index is 12.8. The SMILES string of the molecule is O=C(CCc1ccc2c(c1)OCCCO2)NC1(c2ccc(Cl)cc2)CCOCC1. The summed E-state index contributed by atoms with van der Waals surface area (Å²) in [5.41, 5.74) is 1.75. The molecule has 29 heavy (non-hydrogen) atoms. The predicted octanol–water partition coefficient (Wildman–Crippen LogP) is 4.26. The summed E-state index contributed by atoms with van der Waals surface area (Å²) >= 11 is 6.05. The number of benzene rings is 2. The van der Waals surface area contributed by atoms with Gasteiger partial charge in [0.1, 0.15) is 0 Å². The lowest BCUT2D eigenvalue weighted by molar-refractivity contribution is -0.124. The van der Waals surface area contributed by atoms with E-state index in [-0.39, 0.29) is 5.91 Å². The molecule has 2 heterocycles. The Morgan fingerprint density at radius 2 is 1.69 bits per heavy atom. The topological polar surface area (TPSA) is 56.8 Å². The highest BCUT2D eigenvalue weighted by atomic mass is 35.5. The van der Waals surface area contributed by atoms with Gasteiger partial charge >= 0.3 is 0 Å². The first kappa shape index (κ1) is 20.0. The summed E-state index contributed by atoms with van der Waals surface area (Å²) in [6.45, 7) is 2.59. The molecule has 0 unspecified atom stereocenters. The Hall–Kier alpha value is -2.24. The van der Waals surface area contributed by atoms with Crippen LogP contribution in [0.4, 0.5) is 0 Å². The molecule has 1 fully saturated rings. The summed E-state index contributed by atoms with van der Waals surface area (Å²) in [6.07, 6.45) is 3.45. The Morgan fingerprint density at radius 1 is 0.966 bits per heavy atom. The number of aryl methyl sites for hydroxylation is 1. The van der Waals surface area contributed by atoms with Crippen LogP contribution >= 0.6 is 11.6 Å². The van der Waals surface area contributed by atoms with E-state index in [9.17, 15) is 4.79 Å². The molecule has 0 bridgehead atoms. The second-order valence-electron chi connectivity index (χ2n) is 7.58. The number of hydrogen-bond acceptors (Lipinski definition) is 4. The van der Waals surface area contributed by atoms with Crippen molar-refractivity contribution in [1.82, 2.24) is 5.32 Å². The van der Waals surface area contributed by atoms with Gasteiger partial charge in [-0.15, -0.1) is 0 Å². The van der Waals surface area contributed by atoms with Gasteiger partial charge < -0.3 is 19.5 Å². The van der Waals surface area contributed by atoms with Crippen molar-refractivity contribution >= 4 is 17.5 Å². The first-order valence-corrected chi connectivity index (χ1v) is 10.6. The number of fused-ring (bicyclic) bond motifs is 1. The molecule has 4 rings (SSSR count). The highest BCUT2D eigenvalue weighted by molar-refractivity contribution is 6.30. The summed E-state index contributed by atoms with van der Waals surface area (Å²) in [4.78, 5) is 12.8. The van der Waals surface area contributed by atoms with Gasteiger partial charge in [-0.1, -0.05) is 29.8 Å². The summed E-state index contributed by atoms with van der Waals surface area (Å²) in [6, 6.07) is 13.7. The minimum atomic E-state index is -0.398. The maximum Gasteiger partial charge on any atom is 0.221 e. The predicted molar refractivity (Wildman–Crippen MR) is 112 cm³/mol. The fourth-order valence-electron chi connectivity index (χ4n) is 3.93. The zero-order valence-corrected chi connectivity index (χ0v) is 17.2. The summed E-state index contributed by atoms with van der Waals surface area (Å²) in [7, 11) is 0. The van der Waals surface area contributed by atoms with Crippen molar-refractivity contribution in [2.45, 2.75) is 37.6 Å². The third kappa shape index (κ3) is 4.85. The number of amides is 1. The fraction of sp³-hybridized carbons (Fsp3) is 0.435. The lowest BCUT2D eigenvalue weighted by atomic mass is 9.82. The summed E-state index contributed by atoms with van der Waals surface area (Å²) < 4.78 is 17.0. The van der Waals surface area contributed by atoms with Crippen molar-refractivity contribution in [2.24, 2.45) is 0 Å². The highest BCUT2D eigenvalue weighted by Crippen LogP contribution is 2.34. The third-order valence-electron chi connectivity index (χ3n) is 5.57. The largest absolute Gasteiger partial charge is 0.490 e. The molecule has 0 aromatic heterocycles. The molecule has 154 valence electrons. The molecule has 2 aliphatic rings. The number of rotatable bonds is 5. The number of halogens is 1. The normalized spacial score (nSPS) is 18.0. The minimum Gasteiger partial charge on any atom is -0.490 e. The molecular weight excluding hydrogens is 390 g/mol. The van der Waals surface area contributed by atoms with Crippen LogP contribution in [0.3, 0.4) is 0 Å². The van der Waals surface area contributed by atoms with Gasteiger partial charge in [0.15, 0.2) is 11.5 Å². The quantitative estimate of drug-likeness (QED) is 0.792. The first-order chi connectivity index (χ1) is 14.1. The first-order valence-electron chi connectivity index (χ1n) is 10.2. The average molecular weight is 416 g/mol. The molecule has 2 aliphatic heterocycles. The van der Waals surface area contributed by atoms with Gasteiger partial charge in [0.2, 0.25) is 5.91 Å². The van der Waals surface area contributed by atoms with E-state index in [2.05, 4.69) is 5.32 Å². The van der Waals surface area contributed by atoms with Crippen LogP contribution in [0.5, 0.6) is 11.5 Å². The van der Waals surface area contributed by atoms with E-state index in [4.69, 9.17) is 25.8 Å². The monoisotopic (exact) mass is 415 g/mol. The van der Waals surface area contributed by atoms with Gasteiger partial charge in [0, 0.05) is 31.1 Å². The van der Waals surface area contributed by atoms with Crippen molar-refractivity contribution in [3.63, 3.8) is 0 Å². The van der Waals surface area contributed by atoms with Gasteiger partial charge in [0.25, 0.3) is 0 Å². The summed E-state index contributed by atoms with van der Waals surface area (Å²) in [5, 5.41) is 3.98. The molecule has 6 heteroatoms. The van der Waals surface area contributed by atoms with Gasteiger partial charge in [-0.25, -0.2) is 0 Å². The second kappa shape index (κ2) is 9.06. The Balaban J connectivity index is 1.42. The zero-order valence-electron chi connectivity index (χ0n) is 16.4. The number of ether oxygens (including phenoxy) is 3. The summed E-state index contributed by atoms with van der Waals surface area (Å²) in [5.74, 6) is 1.58. The van der Waals surface area contributed by atoms with E-state index < -0.39 is 5.54 Å². The van der Waals surface area contributed by atoms with Crippen LogP contribution in [0.1, 0.15) is 36.8 Å². The Kier molecular flexibility index (Phi) is 6.26. The van der Waals surface area contributed by atoms with E-state index in [1.807, 2.05) is 42.5 Å². The Bertz CT molecular complexity index is 846. The molecule has 1 amide bonds. The Labute approximate surface area is 176 Å². The average Bonchev–Trinajstić information content (AvgIpc) is 2.98. The number of nitrogens with one attached hydrogen (secondary N) is 1. The van der Waals surface area contributed by atoms with Gasteiger partial charge in [0.05, 0.1) is 18.8 Å². The molecule has 1 saturated heterocycles. The molecule has 1 N–H and O–H groups in total. The molecule has 0 atom stereocenters. The maximum atomic E-state index is 12.8. The molecule has 0 saturated carbocycles. The van der Waals surface area contributed by atoms with E-state index >= 15 is 0 Å². The third-order valence-corrected chi connectivity index (χ3v) is 5.83. The van der Waals surface area contributed by atoms with Gasteiger partial charge in [-0.2, -0.15) is 0 Å². The van der Waals surface area contributed by atoms with Crippen LogP contribution < -0.4 is 14.8 Å². The van der Waals surface area contributed by atoms with E-state index in [1.165, 1.54) is 0 Å². The van der Waals surface area contributed by atoms with Gasteiger partial charge in [-0.05, 0) is 54.7 Å². The van der Waals surface area contributed by atoms with E-state index in [0.717, 1.165) is 41.9 Å². The minimum absolute atomic E-state index is 0.0361. The van der Waals surface area contributed by atoms with Crippen molar-refractivity contribution in [1.29, 1.82) is 0 Å². The fourth-order valence-corrected chi connectivity index (χ4v) is 4.05. The van der Waals surface area contributed by atoms with Crippen LogP contribution in [-0.4, -0.2) is 32.3 Å². The molecular formula is C23H26ClNO4. The standard InChI is InChI=1S/C23H26ClNO4/c24-19-6-4-18(5-7-19)23(10-14-27-15-11-23)25-22(26)9-3-17-2-8-20-21(16-17)29-13-1-12-28-20/h2,4-8,16H,1,3,9-15H2,(H,25,26). The van der Waals surface area contributed by atoms with Crippen molar-refractivity contribution < 1.29 is 19.0 Å². The van der Waals surface area contributed by atoms with Crippen molar-refractivity contribution in [3.05, 3.63) is 58.6 Å².